The molecule has 2 aromatic rings. The summed E-state index contributed by atoms with van der Waals surface area (Å²) < 4.78 is 1.39. The number of anilines is 1. The van der Waals surface area contributed by atoms with Crippen LogP contribution in [0.2, 0.25) is 0 Å². The van der Waals surface area contributed by atoms with E-state index in [1.807, 2.05) is 0 Å². The molecule has 0 saturated heterocycles. The lowest BCUT2D eigenvalue weighted by atomic mass is 10.2. The van der Waals surface area contributed by atoms with Crippen LogP contribution < -0.4 is 5.73 Å². The van der Waals surface area contributed by atoms with Crippen molar-refractivity contribution in [3.63, 3.8) is 0 Å². The van der Waals surface area contributed by atoms with Crippen molar-refractivity contribution >= 4 is 11.7 Å². The van der Waals surface area contributed by atoms with E-state index in [0.717, 1.165) is 0 Å². The van der Waals surface area contributed by atoms with Gasteiger partial charge in [-0.1, -0.05) is 0 Å². The van der Waals surface area contributed by atoms with E-state index in [1.165, 1.54) is 16.9 Å². The van der Waals surface area contributed by atoms with Gasteiger partial charge in [-0.25, -0.2) is 14.8 Å². The van der Waals surface area contributed by atoms with E-state index in [4.69, 9.17) is 10.8 Å². The van der Waals surface area contributed by atoms with Gasteiger partial charge in [-0.3, -0.25) is 0 Å². The van der Waals surface area contributed by atoms with E-state index < -0.39 is 5.97 Å². The standard InChI is InChI=1S/C10H11N5O2/c1-5-13-6(2)15(14-5)9-8(10(16)17)3-7(11)4-12-9/h3-4H,11H2,1-2H3,(H,16,17). The van der Waals surface area contributed by atoms with Gasteiger partial charge in [-0.05, 0) is 19.9 Å². The molecule has 0 saturated carbocycles. The Kier molecular flexibility index (Phi) is 2.51. The number of carboxylic acids is 1. The Morgan fingerprint density at radius 3 is 2.71 bits per heavy atom. The van der Waals surface area contributed by atoms with Crippen molar-refractivity contribution in [3.05, 3.63) is 29.5 Å². The van der Waals surface area contributed by atoms with Gasteiger partial charge in [0.15, 0.2) is 5.82 Å². The molecule has 17 heavy (non-hydrogen) atoms. The molecule has 2 heterocycles. The Hall–Kier alpha value is -2.44. The highest BCUT2D eigenvalue weighted by atomic mass is 16.4. The maximum Gasteiger partial charge on any atom is 0.339 e. The third-order valence-corrected chi connectivity index (χ3v) is 2.19. The van der Waals surface area contributed by atoms with Crippen LogP contribution >= 0.6 is 0 Å². The molecule has 7 nitrogen and oxygen atoms in total. The van der Waals surface area contributed by atoms with E-state index >= 15 is 0 Å². The van der Waals surface area contributed by atoms with Gasteiger partial charge in [-0.15, -0.1) is 5.10 Å². The van der Waals surface area contributed by atoms with Crippen LogP contribution in [0, 0.1) is 13.8 Å². The summed E-state index contributed by atoms with van der Waals surface area (Å²) in [5, 5.41) is 13.2. The number of aromatic nitrogens is 4. The molecular formula is C10H11N5O2. The van der Waals surface area contributed by atoms with Gasteiger partial charge in [0.25, 0.3) is 0 Å². The molecular weight excluding hydrogens is 222 g/mol. The summed E-state index contributed by atoms with van der Waals surface area (Å²) in [6.07, 6.45) is 1.39. The first-order valence-electron chi connectivity index (χ1n) is 4.88. The van der Waals surface area contributed by atoms with Gasteiger partial charge >= 0.3 is 5.97 Å². The van der Waals surface area contributed by atoms with E-state index in [-0.39, 0.29) is 11.4 Å². The molecule has 0 unspecified atom stereocenters. The highest BCUT2D eigenvalue weighted by Gasteiger charge is 2.16. The Morgan fingerprint density at radius 1 is 1.47 bits per heavy atom. The molecule has 2 aromatic heterocycles. The molecule has 88 valence electrons. The maximum absolute atomic E-state index is 11.1. The van der Waals surface area contributed by atoms with Crippen LogP contribution in [0.15, 0.2) is 12.3 Å². The van der Waals surface area contributed by atoms with E-state index in [9.17, 15) is 4.79 Å². The van der Waals surface area contributed by atoms with E-state index in [0.29, 0.717) is 17.3 Å². The monoisotopic (exact) mass is 233 g/mol. The number of hydrogen-bond acceptors (Lipinski definition) is 5. The number of carbonyl (C=O) groups is 1. The number of nitrogens with two attached hydrogens (primary N) is 1. The SMILES string of the molecule is Cc1nc(C)n(-c2ncc(N)cc2C(=O)O)n1. The normalized spacial score (nSPS) is 10.5. The lowest BCUT2D eigenvalue weighted by Crippen LogP contribution is -2.11. The molecule has 0 atom stereocenters. The summed E-state index contributed by atoms with van der Waals surface area (Å²) in [5.74, 6) is 0.233. The van der Waals surface area contributed by atoms with Crippen molar-refractivity contribution in [1.82, 2.24) is 19.7 Å². The van der Waals surface area contributed by atoms with E-state index in [1.54, 1.807) is 13.8 Å². The number of nitrogen functional groups attached to an aromatic ring is 1. The van der Waals surface area contributed by atoms with Crippen molar-refractivity contribution in [2.75, 3.05) is 5.73 Å². The fourth-order valence-corrected chi connectivity index (χ4v) is 1.52. The third-order valence-electron chi connectivity index (χ3n) is 2.19. The van der Waals surface area contributed by atoms with Crippen molar-refractivity contribution < 1.29 is 9.90 Å². The third kappa shape index (κ3) is 1.94. The topological polar surface area (TPSA) is 107 Å². The predicted molar refractivity (Wildman–Crippen MR) is 60.0 cm³/mol. The first-order chi connectivity index (χ1) is 7.99. The number of nitrogens with zero attached hydrogens (tertiary/aromatic N) is 4. The van der Waals surface area contributed by atoms with Gasteiger partial charge in [0.05, 0.1) is 11.9 Å². The van der Waals surface area contributed by atoms with Gasteiger partial charge in [0.1, 0.15) is 17.2 Å². The first kappa shape index (κ1) is 11.1. The van der Waals surface area contributed by atoms with Crippen LogP contribution in [0.3, 0.4) is 0 Å². The predicted octanol–water partition coefficient (Wildman–Crippen LogP) is 0.560. The number of rotatable bonds is 2. The summed E-state index contributed by atoms with van der Waals surface area (Å²) in [5.41, 5.74) is 5.81. The molecule has 0 aliphatic rings. The molecule has 7 heteroatoms. The summed E-state index contributed by atoms with van der Waals surface area (Å²) in [6, 6.07) is 1.35. The average molecular weight is 233 g/mol. The second-order valence-corrected chi connectivity index (χ2v) is 3.56. The Labute approximate surface area is 96.9 Å². The molecule has 0 spiro atoms. The second-order valence-electron chi connectivity index (χ2n) is 3.56. The number of pyridine rings is 1. The zero-order valence-corrected chi connectivity index (χ0v) is 9.38. The minimum atomic E-state index is -1.10. The summed E-state index contributed by atoms with van der Waals surface area (Å²) >= 11 is 0. The lowest BCUT2D eigenvalue weighted by Gasteiger charge is -2.06. The van der Waals surface area contributed by atoms with Crippen molar-refractivity contribution in [2.24, 2.45) is 0 Å². The molecule has 2 rings (SSSR count). The molecule has 0 bridgehead atoms. The van der Waals surface area contributed by atoms with Crippen molar-refractivity contribution in [2.45, 2.75) is 13.8 Å². The lowest BCUT2D eigenvalue weighted by molar-refractivity contribution is 0.0696. The minimum Gasteiger partial charge on any atom is -0.478 e. The number of hydrogen-bond donors (Lipinski definition) is 2. The van der Waals surface area contributed by atoms with Crippen LogP contribution in [-0.2, 0) is 0 Å². The van der Waals surface area contributed by atoms with Crippen LogP contribution in [-0.4, -0.2) is 30.8 Å². The largest absolute Gasteiger partial charge is 0.478 e. The van der Waals surface area contributed by atoms with Crippen LogP contribution in [0.1, 0.15) is 22.0 Å². The van der Waals surface area contributed by atoms with Crippen LogP contribution in [0.4, 0.5) is 5.69 Å². The van der Waals surface area contributed by atoms with Crippen LogP contribution in [0.5, 0.6) is 0 Å². The zero-order valence-electron chi connectivity index (χ0n) is 9.38. The first-order valence-corrected chi connectivity index (χ1v) is 4.88. The summed E-state index contributed by atoms with van der Waals surface area (Å²) in [6.45, 7) is 3.45. The van der Waals surface area contributed by atoms with Crippen LogP contribution in [0.25, 0.3) is 5.82 Å². The quantitative estimate of drug-likeness (QED) is 0.784. The fraction of sp³-hybridized carbons (Fsp3) is 0.200. The molecule has 0 amide bonds. The van der Waals surface area contributed by atoms with Gasteiger partial charge < -0.3 is 10.8 Å². The molecule has 0 aromatic carbocycles. The van der Waals surface area contributed by atoms with Gasteiger partial charge in [0, 0.05) is 0 Å². The molecule has 0 radical (unpaired) electrons. The van der Waals surface area contributed by atoms with Gasteiger partial charge in [-0.2, -0.15) is 4.68 Å². The molecule has 0 fully saturated rings. The number of aromatic carboxylic acids is 1. The fourth-order valence-electron chi connectivity index (χ4n) is 1.52. The van der Waals surface area contributed by atoms with Crippen molar-refractivity contribution in [1.29, 1.82) is 0 Å². The second kappa shape index (κ2) is 3.85. The average Bonchev–Trinajstić information content (AvgIpc) is 2.57. The summed E-state index contributed by atoms with van der Waals surface area (Å²) in [7, 11) is 0. The van der Waals surface area contributed by atoms with Gasteiger partial charge in [0.2, 0.25) is 0 Å². The Bertz CT molecular complexity index is 590. The minimum absolute atomic E-state index is 0.00185. The Morgan fingerprint density at radius 2 is 2.18 bits per heavy atom. The highest BCUT2D eigenvalue weighted by molar-refractivity contribution is 5.92. The number of aryl methyl sites for hydroxylation is 2. The molecule has 3 N–H and O–H groups in total. The molecule has 0 aliphatic carbocycles. The maximum atomic E-state index is 11.1. The van der Waals surface area contributed by atoms with Crippen molar-refractivity contribution in [3.8, 4) is 5.82 Å². The smallest absolute Gasteiger partial charge is 0.339 e. The number of carboxylic acid groups (broad SMARTS) is 1. The molecule has 0 aliphatic heterocycles. The summed E-state index contributed by atoms with van der Waals surface area (Å²) in [4.78, 5) is 19.2. The Balaban J connectivity index is 2.67. The zero-order chi connectivity index (χ0) is 12.6. The van der Waals surface area contributed by atoms with E-state index in [2.05, 4.69) is 15.1 Å². The highest BCUT2D eigenvalue weighted by Crippen LogP contribution is 2.15.